The molecule has 0 aliphatic heterocycles. The molecule has 0 saturated heterocycles. The molecule has 1 aliphatic rings. The van der Waals surface area contributed by atoms with Gasteiger partial charge < -0.3 is 0 Å². The summed E-state index contributed by atoms with van der Waals surface area (Å²) in [7, 11) is -3.35. The maximum absolute atomic E-state index is 12.2. The monoisotopic (exact) mass is 278 g/mol. The van der Waals surface area contributed by atoms with E-state index in [9.17, 15) is 8.42 Å². The van der Waals surface area contributed by atoms with Crippen molar-refractivity contribution in [3.05, 3.63) is 58.4 Å². The third-order valence-electron chi connectivity index (χ3n) is 3.57. The van der Waals surface area contributed by atoms with Gasteiger partial charge in [0, 0.05) is 5.41 Å². The zero-order chi connectivity index (χ0) is 14.6. The Kier molecular flexibility index (Phi) is 5.12. The topological polar surface area (TPSA) is 34.1 Å². The first-order valence-electron chi connectivity index (χ1n) is 6.41. The van der Waals surface area contributed by atoms with E-state index in [1.165, 1.54) is 5.41 Å². The lowest BCUT2D eigenvalue weighted by atomic mass is 9.92. The normalized spacial score (nSPS) is 25.2. The van der Waals surface area contributed by atoms with Crippen LogP contribution in [0.4, 0.5) is 0 Å². The maximum Gasteiger partial charge on any atom is 0.199 e. The Labute approximate surface area is 116 Å². The van der Waals surface area contributed by atoms with E-state index in [0.717, 1.165) is 11.1 Å². The molecule has 1 aliphatic carbocycles. The molecule has 1 rings (SSSR count). The van der Waals surface area contributed by atoms with Crippen LogP contribution in [0.2, 0.25) is 0 Å². The van der Waals surface area contributed by atoms with Crippen LogP contribution in [-0.4, -0.2) is 8.42 Å². The number of hydrogen-bond donors (Lipinski definition) is 0. The SMILES string of the molecule is C=C/C(C)=C(C)\C=C\S(=O)(=O)C1=CC(C)C(C)C=C1. The molecule has 104 valence electrons. The lowest BCUT2D eigenvalue weighted by molar-refractivity contribution is 0.549. The number of hydrogen-bond acceptors (Lipinski definition) is 2. The molecule has 2 nitrogen and oxygen atoms in total. The standard InChI is InChI=1S/C16H22O2S/c1-6-12(2)14(4)9-10-19(17,18)16-8-7-13(3)15(5)11-16/h6-11,13,15H,1H2,2-5H3/b10-9+,14-12-. The Morgan fingerprint density at radius 3 is 2.37 bits per heavy atom. The van der Waals surface area contributed by atoms with Crippen molar-refractivity contribution < 1.29 is 8.42 Å². The molecule has 0 aromatic carbocycles. The van der Waals surface area contributed by atoms with Gasteiger partial charge in [0.15, 0.2) is 9.84 Å². The summed E-state index contributed by atoms with van der Waals surface area (Å²) in [5.41, 5.74) is 1.88. The van der Waals surface area contributed by atoms with E-state index in [4.69, 9.17) is 0 Å². The predicted octanol–water partition coefficient (Wildman–Crippen LogP) is 4.16. The van der Waals surface area contributed by atoms with Crippen molar-refractivity contribution in [2.75, 3.05) is 0 Å². The van der Waals surface area contributed by atoms with Gasteiger partial charge in [0.25, 0.3) is 0 Å². The first-order chi connectivity index (χ1) is 8.77. The molecule has 0 spiro atoms. The molecular weight excluding hydrogens is 256 g/mol. The second kappa shape index (κ2) is 6.20. The highest BCUT2D eigenvalue weighted by atomic mass is 32.2. The summed E-state index contributed by atoms with van der Waals surface area (Å²) < 4.78 is 24.4. The minimum absolute atomic E-state index is 0.245. The van der Waals surface area contributed by atoms with Gasteiger partial charge in [-0.15, -0.1) is 0 Å². The molecule has 19 heavy (non-hydrogen) atoms. The van der Waals surface area contributed by atoms with Crippen molar-refractivity contribution in [2.24, 2.45) is 11.8 Å². The highest BCUT2D eigenvalue weighted by Crippen LogP contribution is 2.26. The van der Waals surface area contributed by atoms with Crippen LogP contribution >= 0.6 is 0 Å². The molecule has 0 aromatic heterocycles. The zero-order valence-electron chi connectivity index (χ0n) is 12.1. The van der Waals surface area contributed by atoms with E-state index in [1.807, 2.05) is 32.9 Å². The summed E-state index contributed by atoms with van der Waals surface area (Å²) in [5.74, 6) is 0.627. The van der Waals surface area contributed by atoms with E-state index < -0.39 is 9.84 Å². The quantitative estimate of drug-likeness (QED) is 0.723. The van der Waals surface area contributed by atoms with Crippen LogP contribution in [0.3, 0.4) is 0 Å². The highest BCUT2D eigenvalue weighted by molar-refractivity contribution is 7.98. The largest absolute Gasteiger partial charge is 0.219 e. The van der Waals surface area contributed by atoms with Crippen LogP contribution in [0.15, 0.2) is 58.4 Å². The molecule has 0 bridgehead atoms. The van der Waals surface area contributed by atoms with Crippen LogP contribution in [-0.2, 0) is 9.84 Å². The van der Waals surface area contributed by atoms with Gasteiger partial charge >= 0.3 is 0 Å². The molecule has 0 aromatic rings. The predicted molar refractivity (Wildman–Crippen MR) is 82.2 cm³/mol. The summed E-state index contributed by atoms with van der Waals surface area (Å²) in [5, 5.41) is 1.27. The number of sulfone groups is 1. The first-order valence-corrected chi connectivity index (χ1v) is 7.95. The summed E-state index contributed by atoms with van der Waals surface area (Å²) >= 11 is 0. The number of rotatable bonds is 4. The molecule has 0 heterocycles. The Morgan fingerprint density at radius 1 is 1.21 bits per heavy atom. The van der Waals surface area contributed by atoms with Crippen LogP contribution in [0.1, 0.15) is 27.7 Å². The molecule has 0 amide bonds. The van der Waals surface area contributed by atoms with Gasteiger partial charge in [-0.1, -0.05) is 38.7 Å². The van der Waals surface area contributed by atoms with E-state index in [2.05, 4.69) is 13.5 Å². The van der Waals surface area contributed by atoms with Crippen LogP contribution in [0.25, 0.3) is 0 Å². The first kappa shape index (κ1) is 15.7. The number of allylic oxidation sites excluding steroid dienone is 7. The fourth-order valence-electron chi connectivity index (χ4n) is 1.64. The molecule has 2 unspecified atom stereocenters. The van der Waals surface area contributed by atoms with Crippen molar-refractivity contribution in [2.45, 2.75) is 27.7 Å². The second-order valence-corrected chi connectivity index (χ2v) is 6.90. The highest BCUT2D eigenvalue weighted by Gasteiger charge is 2.19. The van der Waals surface area contributed by atoms with E-state index in [-0.39, 0.29) is 5.92 Å². The molecule has 0 saturated carbocycles. The lowest BCUT2D eigenvalue weighted by Gasteiger charge is -2.18. The summed E-state index contributed by atoms with van der Waals surface area (Å²) in [6.07, 6.45) is 8.82. The fourth-order valence-corrected chi connectivity index (χ4v) is 2.85. The Balaban J connectivity index is 3.02. The third-order valence-corrected chi connectivity index (χ3v) is 5.00. The van der Waals surface area contributed by atoms with Gasteiger partial charge in [0.1, 0.15) is 0 Å². The molecule has 2 atom stereocenters. The van der Waals surface area contributed by atoms with Crippen molar-refractivity contribution in [1.82, 2.24) is 0 Å². The van der Waals surface area contributed by atoms with Gasteiger partial charge in [-0.2, -0.15) is 0 Å². The molecule has 0 fully saturated rings. The Morgan fingerprint density at radius 2 is 1.84 bits per heavy atom. The van der Waals surface area contributed by atoms with E-state index in [1.54, 1.807) is 18.2 Å². The van der Waals surface area contributed by atoms with Crippen LogP contribution in [0.5, 0.6) is 0 Å². The van der Waals surface area contributed by atoms with Crippen molar-refractivity contribution >= 4 is 9.84 Å². The van der Waals surface area contributed by atoms with E-state index in [0.29, 0.717) is 10.8 Å². The van der Waals surface area contributed by atoms with Crippen LogP contribution < -0.4 is 0 Å². The summed E-state index contributed by atoms with van der Waals surface area (Å²) in [6, 6.07) is 0. The molecular formula is C16H22O2S. The van der Waals surface area contributed by atoms with Gasteiger partial charge in [0.2, 0.25) is 0 Å². The summed E-state index contributed by atoms with van der Waals surface area (Å²) in [6.45, 7) is 11.6. The molecule has 3 heteroatoms. The Hall–Kier alpha value is -1.35. The summed E-state index contributed by atoms with van der Waals surface area (Å²) in [4.78, 5) is 0.387. The van der Waals surface area contributed by atoms with Crippen molar-refractivity contribution in [1.29, 1.82) is 0 Å². The minimum atomic E-state index is -3.35. The van der Waals surface area contributed by atoms with Crippen LogP contribution in [0, 0.1) is 11.8 Å². The average Bonchev–Trinajstić information content (AvgIpc) is 2.38. The smallest absolute Gasteiger partial charge is 0.199 e. The maximum atomic E-state index is 12.2. The van der Waals surface area contributed by atoms with Crippen molar-refractivity contribution in [3.8, 4) is 0 Å². The molecule has 0 N–H and O–H groups in total. The molecule has 0 radical (unpaired) electrons. The van der Waals surface area contributed by atoms with Gasteiger partial charge in [0.05, 0.1) is 4.91 Å². The Bertz CT molecular complexity index is 572. The van der Waals surface area contributed by atoms with E-state index >= 15 is 0 Å². The zero-order valence-corrected chi connectivity index (χ0v) is 12.9. The fraction of sp³-hybridized carbons (Fsp3) is 0.375. The lowest BCUT2D eigenvalue weighted by Crippen LogP contribution is -2.10. The second-order valence-electron chi connectivity index (χ2n) is 5.06. The average molecular weight is 278 g/mol. The van der Waals surface area contributed by atoms with Crippen molar-refractivity contribution in [3.63, 3.8) is 0 Å². The van der Waals surface area contributed by atoms with Gasteiger partial charge in [-0.05, 0) is 49.0 Å². The third kappa shape index (κ3) is 4.06. The van der Waals surface area contributed by atoms with Gasteiger partial charge in [-0.3, -0.25) is 0 Å². The van der Waals surface area contributed by atoms with Gasteiger partial charge in [-0.25, -0.2) is 8.42 Å². The minimum Gasteiger partial charge on any atom is -0.219 e.